The van der Waals surface area contributed by atoms with Gasteiger partial charge in [-0.25, -0.2) is 4.79 Å². The Morgan fingerprint density at radius 2 is 1.90 bits per heavy atom. The molecule has 0 N–H and O–H groups in total. The van der Waals surface area contributed by atoms with Crippen molar-refractivity contribution in [2.75, 3.05) is 13.7 Å². The quantitative estimate of drug-likeness (QED) is 0.601. The van der Waals surface area contributed by atoms with Crippen molar-refractivity contribution in [2.24, 2.45) is 4.99 Å². The molecule has 0 spiro atoms. The van der Waals surface area contributed by atoms with Gasteiger partial charge in [-0.1, -0.05) is 29.0 Å². The van der Waals surface area contributed by atoms with E-state index >= 15 is 0 Å². The molecule has 150 valence electrons. The summed E-state index contributed by atoms with van der Waals surface area (Å²) >= 11 is 1.21. The summed E-state index contributed by atoms with van der Waals surface area (Å²) in [4.78, 5) is 41.2. The molecule has 0 atom stereocenters. The molecular formula is C21H20N2O5S. The molecule has 0 fully saturated rings. The molecule has 1 amide bonds. The van der Waals surface area contributed by atoms with Crippen LogP contribution in [0, 0.1) is 6.92 Å². The second-order valence-corrected chi connectivity index (χ2v) is 7.25. The van der Waals surface area contributed by atoms with Crippen LogP contribution in [0.1, 0.15) is 33.2 Å². The van der Waals surface area contributed by atoms with Gasteiger partial charge in [0.15, 0.2) is 4.80 Å². The highest BCUT2D eigenvalue weighted by Crippen LogP contribution is 2.20. The summed E-state index contributed by atoms with van der Waals surface area (Å²) in [6.45, 7) is 3.78. The van der Waals surface area contributed by atoms with E-state index in [2.05, 4.69) is 4.99 Å². The fourth-order valence-corrected chi connectivity index (χ4v) is 3.89. The second-order valence-electron chi connectivity index (χ2n) is 6.24. The van der Waals surface area contributed by atoms with Crippen molar-refractivity contribution < 1.29 is 23.9 Å². The van der Waals surface area contributed by atoms with Gasteiger partial charge < -0.3 is 14.0 Å². The molecule has 0 radical (unpaired) electrons. The molecule has 3 rings (SSSR count). The van der Waals surface area contributed by atoms with Crippen LogP contribution in [-0.2, 0) is 20.8 Å². The predicted octanol–water partition coefficient (Wildman–Crippen LogP) is 3.10. The zero-order valence-corrected chi connectivity index (χ0v) is 17.1. The molecule has 8 heteroatoms. The number of carbonyl (C=O) groups excluding carboxylic acids is 3. The van der Waals surface area contributed by atoms with Crippen molar-refractivity contribution in [1.82, 2.24) is 4.57 Å². The number of methoxy groups -OCH3 is 1. The number of nitrogens with zero attached hydrogens (tertiary/aromatic N) is 2. The Morgan fingerprint density at radius 3 is 2.59 bits per heavy atom. The van der Waals surface area contributed by atoms with E-state index in [9.17, 15) is 14.4 Å². The highest BCUT2D eigenvalue weighted by Gasteiger charge is 2.15. The molecule has 1 aromatic heterocycles. The monoisotopic (exact) mass is 412 g/mol. The van der Waals surface area contributed by atoms with E-state index in [1.54, 1.807) is 47.9 Å². The van der Waals surface area contributed by atoms with E-state index in [1.165, 1.54) is 18.4 Å². The van der Waals surface area contributed by atoms with Gasteiger partial charge >= 0.3 is 11.9 Å². The first-order valence-electron chi connectivity index (χ1n) is 8.96. The lowest BCUT2D eigenvalue weighted by molar-refractivity contribution is -0.143. The third-order valence-corrected chi connectivity index (χ3v) is 5.20. The van der Waals surface area contributed by atoms with E-state index in [1.807, 2.05) is 13.0 Å². The molecule has 0 unspecified atom stereocenters. The van der Waals surface area contributed by atoms with Gasteiger partial charge in [0.05, 0.1) is 29.5 Å². The molecule has 29 heavy (non-hydrogen) atoms. The van der Waals surface area contributed by atoms with Crippen molar-refractivity contribution in [3.8, 4) is 0 Å². The highest BCUT2D eigenvalue weighted by molar-refractivity contribution is 7.16. The first-order chi connectivity index (χ1) is 13.9. The van der Waals surface area contributed by atoms with Gasteiger partial charge in [-0.3, -0.25) is 9.59 Å². The van der Waals surface area contributed by atoms with Crippen LogP contribution in [0.3, 0.4) is 0 Å². The summed E-state index contributed by atoms with van der Waals surface area (Å²) in [5, 5.41) is 0. The maximum atomic E-state index is 12.7. The Morgan fingerprint density at radius 1 is 1.10 bits per heavy atom. The molecule has 2 aromatic carbocycles. The zero-order chi connectivity index (χ0) is 21.0. The van der Waals surface area contributed by atoms with Crippen LogP contribution < -0.4 is 4.80 Å². The second kappa shape index (κ2) is 8.83. The molecule has 0 aliphatic heterocycles. The number of fused-ring (bicyclic) bond motifs is 1. The molecule has 3 aromatic rings. The Hall–Kier alpha value is -3.26. The standard InChI is InChI=1S/C21H20N2O5S/c1-4-28-18(24)12-23-16-9-8-15(20(26)27-3)11-17(16)29-21(23)22-19(25)14-7-5-6-13(2)10-14/h5-11H,4,12H2,1-3H3. The summed E-state index contributed by atoms with van der Waals surface area (Å²) < 4.78 is 12.1. The maximum absolute atomic E-state index is 12.7. The normalized spacial score (nSPS) is 11.5. The number of esters is 2. The largest absolute Gasteiger partial charge is 0.465 e. The van der Waals surface area contributed by atoms with E-state index in [4.69, 9.17) is 9.47 Å². The van der Waals surface area contributed by atoms with Crippen molar-refractivity contribution in [3.63, 3.8) is 0 Å². The molecular weight excluding hydrogens is 392 g/mol. The molecule has 0 saturated carbocycles. The number of benzene rings is 2. The topological polar surface area (TPSA) is 87.0 Å². The number of carbonyl (C=O) groups is 3. The van der Waals surface area contributed by atoms with Crippen molar-refractivity contribution in [1.29, 1.82) is 0 Å². The zero-order valence-electron chi connectivity index (χ0n) is 16.3. The van der Waals surface area contributed by atoms with Crippen molar-refractivity contribution >= 4 is 39.4 Å². The lowest BCUT2D eigenvalue weighted by Gasteiger charge is -2.05. The Labute approximate surface area is 171 Å². The third-order valence-electron chi connectivity index (χ3n) is 4.16. The van der Waals surface area contributed by atoms with Crippen LogP contribution in [-0.4, -0.2) is 36.1 Å². The summed E-state index contributed by atoms with van der Waals surface area (Å²) in [7, 11) is 1.31. The van der Waals surface area contributed by atoms with Gasteiger partial charge in [-0.2, -0.15) is 4.99 Å². The van der Waals surface area contributed by atoms with E-state index in [-0.39, 0.29) is 13.2 Å². The van der Waals surface area contributed by atoms with Gasteiger partial charge in [0, 0.05) is 5.56 Å². The minimum atomic E-state index is -0.466. The number of thiazole rings is 1. The van der Waals surface area contributed by atoms with Crippen LogP contribution in [0.15, 0.2) is 47.5 Å². The van der Waals surface area contributed by atoms with Crippen LogP contribution in [0.2, 0.25) is 0 Å². The van der Waals surface area contributed by atoms with Crippen molar-refractivity contribution in [3.05, 3.63) is 64.0 Å². The number of aryl methyl sites for hydroxylation is 1. The first kappa shape index (κ1) is 20.5. The average Bonchev–Trinajstić information content (AvgIpc) is 3.03. The third kappa shape index (κ3) is 4.60. The number of hydrogen-bond donors (Lipinski definition) is 0. The lowest BCUT2D eigenvalue weighted by atomic mass is 10.1. The number of aromatic nitrogens is 1. The summed E-state index contributed by atoms with van der Waals surface area (Å²) in [5.74, 6) is -1.31. The SMILES string of the molecule is CCOC(=O)Cn1c(=NC(=O)c2cccc(C)c2)sc2cc(C(=O)OC)ccc21. The predicted molar refractivity (Wildman–Crippen MR) is 109 cm³/mol. The van der Waals surface area contributed by atoms with Crippen LogP contribution in [0.4, 0.5) is 0 Å². The maximum Gasteiger partial charge on any atom is 0.337 e. The van der Waals surface area contributed by atoms with Crippen LogP contribution in [0.25, 0.3) is 10.2 Å². The van der Waals surface area contributed by atoms with Gasteiger partial charge in [-0.15, -0.1) is 0 Å². The summed E-state index contributed by atoms with van der Waals surface area (Å²) in [6, 6.07) is 12.1. The highest BCUT2D eigenvalue weighted by atomic mass is 32.1. The molecule has 0 bridgehead atoms. The molecule has 7 nitrogen and oxygen atoms in total. The number of amides is 1. The molecule has 0 saturated heterocycles. The van der Waals surface area contributed by atoms with Gasteiger partial charge in [-0.05, 0) is 44.2 Å². The molecule has 0 aliphatic carbocycles. The Kier molecular flexibility index (Phi) is 6.23. The fourth-order valence-electron chi connectivity index (χ4n) is 2.82. The van der Waals surface area contributed by atoms with E-state index < -0.39 is 17.8 Å². The number of ether oxygens (including phenoxy) is 2. The molecule has 0 aliphatic rings. The van der Waals surface area contributed by atoms with Gasteiger partial charge in [0.25, 0.3) is 5.91 Å². The summed E-state index contributed by atoms with van der Waals surface area (Å²) in [6.07, 6.45) is 0. The smallest absolute Gasteiger partial charge is 0.337 e. The fraction of sp³-hybridized carbons (Fsp3) is 0.238. The minimum Gasteiger partial charge on any atom is -0.465 e. The van der Waals surface area contributed by atoms with Crippen molar-refractivity contribution in [2.45, 2.75) is 20.4 Å². The Bertz CT molecular complexity index is 1160. The van der Waals surface area contributed by atoms with Gasteiger partial charge in [0.2, 0.25) is 0 Å². The van der Waals surface area contributed by atoms with Gasteiger partial charge in [0.1, 0.15) is 6.54 Å². The molecule has 1 heterocycles. The average molecular weight is 412 g/mol. The first-order valence-corrected chi connectivity index (χ1v) is 9.77. The van der Waals surface area contributed by atoms with E-state index in [0.717, 1.165) is 5.56 Å². The Balaban J connectivity index is 2.13. The number of hydrogen-bond acceptors (Lipinski definition) is 6. The summed E-state index contributed by atoms with van der Waals surface area (Å²) in [5.41, 5.74) is 2.46. The number of rotatable bonds is 5. The van der Waals surface area contributed by atoms with Crippen LogP contribution >= 0.6 is 11.3 Å². The van der Waals surface area contributed by atoms with E-state index in [0.29, 0.717) is 26.1 Å². The minimum absolute atomic E-state index is 0.0919. The lowest BCUT2D eigenvalue weighted by Crippen LogP contribution is -2.23. The van der Waals surface area contributed by atoms with Crippen LogP contribution in [0.5, 0.6) is 0 Å².